The van der Waals surface area contributed by atoms with Crippen molar-refractivity contribution in [2.75, 3.05) is 36.1 Å². The fourth-order valence-electron chi connectivity index (χ4n) is 2.10. The van der Waals surface area contributed by atoms with Gasteiger partial charge in [-0.2, -0.15) is 23.5 Å². The highest BCUT2D eigenvalue weighted by Gasteiger charge is 2.47. The lowest BCUT2D eigenvalue weighted by Gasteiger charge is -2.39. The second kappa shape index (κ2) is 4.33. The van der Waals surface area contributed by atoms with E-state index in [1.165, 1.54) is 0 Å². The molecule has 14 heavy (non-hydrogen) atoms. The van der Waals surface area contributed by atoms with Crippen molar-refractivity contribution in [3.05, 3.63) is 0 Å². The van der Waals surface area contributed by atoms with Gasteiger partial charge in [0, 0.05) is 30.3 Å². The molecular weight excluding hydrogens is 218 g/mol. The predicted octanol–water partition coefficient (Wildman–Crippen LogP) is 0.995. The van der Waals surface area contributed by atoms with E-state index >= 15 is 0 Å². The molecular formula is C9H15NO2S2. The Morgan fingerprint density at radius 2 is 1.93 bits per heavy atom. The van der Waals surface area contributed by atoms with Gasteiger partial charge in [0.2, 0.25) is 0 Å². The van der Waals surface area contributed by atoms with E-state index in [2.05, 4.69) is 4.90 Å². The van der Waals surface area contributed by atoms with Gasteiger partial charge in [-0.25, -0.2) is 0 Å². The summed E-state index contributed by atoms with van der Waals surface area (Å²) in [5, 5.41) is 9.35. The summed E-state index contributed by atoms with van der Waals surface area (Å²) in [5.74, 6) is 3.32. The highest BCUT2D eigenvalue weighted by molar-refractivity contribution is 7.99. The van der Waals surface area contributed by atoms with Crippen molar-refractivity contribution in [3.8, 4) is 0 Å². The van der Waals surface area contributed by atoms with Gasteiger partial charge in [0.05, 0.1) is 0 Å². The summed E-state index contributed by atoms with van der Waals surface area (Å²) in [6.45, 7) is 1.88. The first-order chi connectivity index (χ1) is 6.76. The number of hydrogen-bond donors (Lipinski definition) is 1. The third kappa shape index (κ3) is 1.77. The maximum absolute atomic E-state index is 11.4. The van der Waals surface area contributed by atoms with Crippen LogP contribution in [0.5, 0.6) is 0 Å². The monoisotopic (exact) mass is 233 g/mol. The SMILES string of the molecule is O=C(O)C1(N2CCSCC2)CCSC1. The standard InChI is InChI=1S/C9H15NO2S2/c11-8(12)9(1-4-14-7-9)10-2-5-13-6-3-10/h1-7H2,(H,11,12). The third-order valence-corrected chi connectivity index (χ3v) is 5.13. The summed E-state index contributed by atoms with van der Waals surface area (Å²) in [4.78, 5) is 13.5. The molecule has 0 bridgehead atoms. The Morgan fingerprint density at radius 3 is 2.43 bits per heavy atom. The summed E-state index contributed by atoms with van der Waals surface area (Å²) in [6.07, 6.45) is 0.817. The van der Waals surface area contributed by atoms with Gasteiger partial charge in [0.1, 0.15) is 5.54 Å². The minimum atomic E-state index is -0.616. The van der Waals surface area contributed by atoms with Crippen LogP contribution < -0.4 is 0 Å². The summed E-state index contributed by atoms with van der Waals surface area (Å²) in [7, 11) is 0. The van der Waals surface area contributed by atoms with Gasteiger partial charge in [0.15, 0.2) is 0 Å². The van der Waals surface area contributed by atoms with Crippen molar-refractivity contribution < 1.29 is 9.90 Å². The molecule has 0 aromatic carbocycles. The molecule has 2 saturated heterocycles. The lowest BCUT2D eigenvalue weighted by atomic mass is 9.96. The Kier molecular flexibility index (Phi) is 3.29. The summed E-state index contributed by atoms with van der Waals surface area (Å²) in [5.41, 5.74) is -0.536. The highest BCUT2D eigenvalue weighted by atomic mass is 32.2. The van der Waals surface area contributed by atoms with Gasteiger partial charge in [0.25, 0.3) is 0 Å². The van der Waals surface area contributed by atoms with Crippen molar-refractivity contribution in [1.29, 1.82) is 0 Å². The quantitative estimate of drug-likeness (QED) is 0.770. The number of carbonyl (C=O) groups is 1. The third-order valence-electron chi connectivity index (χ3n) is 3.02. The highest BCUT2D eigenvalue weighted by Crippen LogP contribution is 2.35. The molecule has 0 aromatic rings. The van der Waals surface area contributed by atoms with E-state index in [0.717, 1.165) is 42.5 Å². The minimum absolute atomic E-state index is 0.536. The minimum Gasteiger partial charge on any atom is -0.480 e. The molecule has 2 aliphatic rings. The topological polar surface area (TPSA) is 40.5 Å². The van der Waals surface area contributed by atoms with Crippen molar-refractivity contribution in [1.82, 2.24) is 4.90 Å². The first-order valence-electron chi connectivity index (χ1n) is 4.90. The molecule has 80 valence electrons. The molecule has 1 atom stereocenters. The second-order valence-electron chi connectivity index (χ2n) is 3.74. The van der Waals surface area contributed by atoms with Crippen LogP contribution in [0, 0.1) is 0 Å². The predicted molar refractivity (Wildman–Crippen MR) is 61.2 cm³/mol. The van der Waals surface area contributed by atoms with Crippen LogP contribution in [0.4, 0.5) is 0 Å². The molecule has 2 fully saturated rings. The van der Waals surface area contributed by atoms with Crippen LogP contribution in [0.2, 0.25) is 0 Å². The van der Waals surface area contributed by atoms with Gasteiger partial charge in [-0.3, -0.25) is 9.69 Å². The Labute approximate surface area is 92.6 Å². The van der Waals surface area contributed by atoms with E-state index in [1.54, 1.807) is 11.8 Å². The van der Waals surface area contributed by atoms with E-state index in [0.29, 0.717) is 0 Å². The molecule has 0 amide bonds. The first kappa shape index (κ1) is 10.6. The van der Waals surface area contributed by atoms with E-state index in [-0.39, 0.29) is 0 Å². The van der Waals surface area contributed by atoms with E-state index in [9.17, 15) is 9.90 Å². The number of carboxylic acid groups (broad SMARTS) is 1. The Morgan fingerprint density at radius 1 is 1.21 bits per heavy atom. The average Bonchev–Trinajstić information content (AvgIpc) is 2.69. The molecule has 0 saturated carbocycles. The maximum Gasteiger partial charge on any atom is 0.325 e. The summed E-state index contributed by atoms with van der Waals surface area (Å²) < 4.78 is 0. The number of aliphatic carboxylic acids is 1. The number of nitrogens with zero attached hydrogens (tertiary/aromatic N) is 1. The average molecular weight is 233 g/mol. The van der Waals surface area contributed by atoms with Gasteiger partial charge in [-0.05, 0) is 12.2 Å². The number of rotatable bonds is 2. The molecule has 5 heteroatoms. The van der Waals surface area contributed by atoms with Crippen LogP contribution in [0.1, 0.15) is 6.42 Å². The molecule has 2 aliphatic heterocycles. The van der Waals surface area contributed by atoms with Gasteiger partial charge < -0.3 is 5.11 Å². The van der Waals surface area contributed by atoms with Gasteiger partial charge in [-0.1, -0.05) is 0 Å². The zero-order valence-corrected chi connectivity index (χ0v) is 9.70. The smallest absolute Gasteiger partial charge is 0.325 e. The van der Waals surface area contributed by atoms with Crippen LogP contribution in [-0.4, -0.2) is 57.6 Å². The van der Waals surface area contributed by atoms with Crippen molar-refractivity contribution in [2.45, 2.75) is 12.0 Å². The second-order valence-corrected chi connectivity index (χ2v) is 6.07. The fraction of sp³-hybridized carbons (Fsp3) is 0.889. The van der Waals surface area contributed by atoms with E-state index in [1.807, 2.05) is 11.8 Å². The van der Waals surface area contributed by atoms with E-state index in [4.69, 9.17) is 0 Å². The Bertz CT molecular complexity index is 223. The normalized spacial score (nSPS) is 34.6. The van der Waals surface area contributed by atoms with Crippen LogP contribution in [0.15, 0.2) is 0 Å². The number of hydrogen-bond acceptors (Lipinski definition) is 4. The maximum atomic E-state index is 11.4. The van der Waals surface area contributed by atoms with Gasteiger partial charge >= 0.3 is 5.97 Å². The fourth-order valence-corrected chi connectivity index (χ4v) is 4.42. The molecule has 0 aromatic heterocycles. The molecule has 2 heterocycles. The molecule has 1 N–H and O–H groups in total. The zero-order chi connectivity index (χ0) is 10.0. The Hall–Kier alpha value is 0.130. The lowest BCUT2D eigenvalue weighted by molar-refractivity contribution is -0.149. The summed E-state index contributed by atoms with van der Waals surface area (Å²) in [6, 6.07) is 0. The molecule has 3 nitrogen and oxygen atoms in total. The molecule has 0 spiro atoms. The van der Waals surface area contributed by atoms with Crippen LogP contribution in [-0.2, 0) is 4.79 Å². The van der Waals surface area contributed by atoms with Gasteiger partial charge in [-0.15, -0.1) is 0 Å². The lowest BCUT2D eigenvalue weighted by Crippen LogP contribution is -2.57. The van der Waals surface area contributed by atoms with Crippen LogP contribution >= 0.6 is 23.5 Å². The van der Waals surface area contributed by atoms with Crippen molar-refractivity contribution in [2.24, 2.45) is 0 Å². The zero-order valence-electron chi connectivity index (χ0n) is 8.07. The van der Waals surface area contributed by atoms with Crippen LogP contribution in [0.3, 0.4) is 0 Å². The Balaban J connectivity index is 2.12. The number of thioether (sulfide) groups is 2. The number of carboxylic acids is 1. The van der Waals surface area contributed by atoms with Crippen molar-refractivity contribution in [3.63, 3.8) is 0 Å². The summed E-state index contributed by atoms with van der Waals surface area (Å²) >= 11 is 3.70. The van der Waals surface area contributed by atoms with Crippen molar-refractivity contribution >= 4 is 29.5 Å². The van der Waals surface area contributed by atoms with E-state index < -0.39 is 11.5 Å². The van der Waals surface area contributed by atoms with Crippen LogP contribution in [0.25, 0.3) is 0 Å². The largest absolute Gasteiger partial charge is 0.480 e. The molecule has 2 rings (SSSR count). The first-order valence-corrected chi connectivity index (χ1v) is 7.21. The molecule has 0 aliphatic carbocycles. The molecule has 0 radical (unpaired) electrons. The molecule has 1 unspecified atom stereocenters.